The van der Waals surface area contributed by atoms with E-state index in [1.807, 2.05) is 26.0 Å². The number of carbonyl (C=O) groups excluding carboxylic acids is 1. The first-order valence-corrected chi connectivity index (χ1v) is 5.92. The zero-order valence-corrected chi connectivity index (χ0v) is 10.5. The first-order valence-electron chi connectivity index (χ1n) is 5.92. The summed E-state index contributed by atoms with van der Waals surface area (Å²) in [5.74, 6) is 0.702. The van der Waals surface area contributed by atoms with E-state index in [9.17, 15) is 4.79 Å². The minimum Gasteiger partial charge on any atom is -0.494 e. The topological polar surface area (TPSA) is 39.2 Å². The normalized spacial score (nSPS) is 10.1. The Morgan fingerprint density at radius 1 is 1.17 bits per heavy atom. The van der Waals surface area contributed by atoms with Crippen LogP contribution in [0.5, 0.6) is 5.75 Å². The van der Waals surface area contributed by atoms with Gasteiger partial charge >= 0.3 is 0 Å². The molecule has 0 bridgehead atoms. The van der Waals surface area contributed by atoms with Crippen molar-refractivity contribution in [2.45, 2.75) is 13.8 Å². The molecule has 0 saturated heterocycles. The number of aryl methyl sites for hydroxylation is 1. The number of hydrogen-bond acceptors (Lipinski definition) is 3. The van der Waals surface area contributed by atoms with E-state index in [1.165, 1.54) is 0 Å². The maximum absolute atomic E-state index is 12.2. The predicted octanol–water partition coefficient (Wildman–Crippen LogP) is 3.02. The molecule has 0 amide bonds. The van der Waals surface area contributed by atoms with Gasteiger partial charge < -0.3 is 4.74 Å². The molecule has 2 rings (SSSR count). The van der Waals surface area contributed by atoms with Crippen LogP contribution in [0, 0.1) is 6.92 Å². The molecule has 1 aromatic carbocycles. The summed E-state index contributed by atoms with van der Waals surface area (Å²) in [7, 11) is 0. The molecule has 3 heteroatoms. The van der Waals surface area contributed by atoms with Crippen LogP contribution in [0.1, 0.15) is 28.7 Å². The van der Waals surface area contributed by atoms with Crippen LogP contribution >= 0.6 is 0 Å². The highest BCUT2D eigenvalue weighted by atomic mass is 16.5. The van der Waals surface area contributed by atoms with Crippen LogP contribution in [0.25, 0.3) is 0 Å². The van der Waals surface area contributed by atoms with Gasteiger partial charge in [-0.2, -0.15) is 0 Å². The van der Waals surface area contributed by atoms with E-state index in [1.54, 1.807) is 30.3 Å². The summed E-state index contributed by atoms with van der Waals surface area (Å²) in [5.41, 5.74) is 1.93. The number of hydrogen-bond donors (Lipinski definition) is 0. The molecule has 0 atom stereocenters. The van der Waals surface area contributed by atoms with Crippen LogP contribution in [-0.2, 0) is 0 Å². The number of carbonyl (C=O) groups is 1. The van der Waals surface area contributed by atoms with Gasteiger partial charge in [0.05, 0.1) is 6.61 Å². The predicted molar refractivity (Wildman–Crippen MR) is 70.0 cm³/mol. The number of ketones is 1. The first kappa shape index (κ1) is 12.3. The second-order valence-corrected chi connectivity index (χ2v) is 3.95. The van der Waals surface area contributed by atoms with Crippen molar-refractivity contribution in [3.05, 3.63) is 59.4 Å². The van der Waals surface area contributed by atoms with Crippen molar-refractivity contribution in [3.63, 3.8) is 0 Å². The lowest BCUT2D eigenvalue weighted by Gasteiger charge is -2.04. The Morgan fingerprint density at radius 3 is 2.50 bits per heavy atom. The van der Waals surface area contributed by atoms with Crippen molar-refractivity contribution in [1.82, 2.24) is 4.98 Å². The van der Waals surface area contributed by atoms with Gasteiger partial charge in [-0.3, -0.25) is 4.79 Å². The number of rotatable bonds is 4. The third kappa shape index (κ3) is 2.74. The van der Waals surface area contributed by atoms with Gasteiger partial charge in [-0.25, -0.2) is 4.98 Å². The van der Waals surface area contributed by atoms with E-state index in [-0.39, 0.29) is 5.78 Å². The highest BCUT2D eigenvalue weighted by molar-refractivity contribution is 6.07. The van der Waals surface area contributed by atoms with Gasteiger partial charge in [-0.05, 0) is 50.2 Å². The maximum atomic E-state index is 12.2. The summed E-state index contributed by atoms with van der Waals surface area (Å²) in [6, 6.07) is 12.6. The summed E-state index contributed by atoms with van der Waals surface area (Å²) in [6.45, 7) is 4.41. The van der Waals surface area contributed by atoms with E-state index in [4.69, 9.17) is 4.74 Å². The number of pyridine rings is 1. The van der Waals surface area contributed by atoms with Crippen LogP contribution in [0.4, 0.5) is 0 Å². The Morgan fingerprint density at radius 2 is 1.89 bits per heavy atom. The molecular weight excluding hydrogens is 226 g/mol. The minimum atomic E-state index is -0.0678. The molecular formula is C15H15NO2. The molecule has 2 aromatic rings. The van der Waals surface area contributed by atoms with Crippen molar-refractivity contribution in [2.24, 2.45) is 0 Å². The van der Waals surface area contributed by atoms with Gasteiger partial charge in [0.25, 0.3) is 0 Å². The zero-order chi connectivity index (χ0) is 13.0. The van der Waals surface area contributed by atoms with Crippen molar-refractivity contribution in [3.8, 4) is 5.75 Å². The maximum Gasteiger partial charge on any atom is 0.211 e. The average molecular weight is 241 g/mol. The number of ether oxygens (including phenoxy) is 1. The van der Waals surface area contributed by atoms with Gasteiger partial charge in [-0.1, -0.05) is 6.07 Å². The second kappa shape index (κ2) is 5.45. The Bertz CT molecular complexity index is 547. The smallest absolute Gasteiger partial charge is 0.211 e. The van der Waals surface area contributed by atoms with Gasteiger partial charge in [0.2, 0.25) is 5.78 Å². The lowest BCUT2D eigenvalue weighted by atomic mass is 10.1. The third-order valence-electron chi connectivity index (χ3n) is 2.55. The summed E-state index contributed by atoms with van der Waals surface area (Å²) in [4.78, 5) is 16.4. The van der Waals surface area contributed by atoms with E-state index < -0.39 is 0 Å². The number of benzene rings is 1. The molecule has 3 nitrogen and oxygen atoms in total. The number of nitrogens with zero attached hydrogens (tertiary/aromatic N) is 1. The Hall–Kier alpha value is -2.16. The van der Waals surface area contributed by atoms with Gasteiger partial charge in [0.15, 0.2) is 0 Å². The Labute approximate surface area is 106 Å². The lowest BCUT2D eigenvalue weighted by molar-refractivity contribution is 0.103. The van der Waals surface area contributed by atoms with Crippen LogP contribution in [0.2, 0.25) is 0 Å². The minimum absolute atomic E-state index is 0.0678. The van der Waals surface area contributed by atoms with E-state index in [2.05, 4.69) is 4.98 Å². The third-order valence-corrected chi connectivity index (χ3v) is 2.55. The standard InChI is InChI=1S/C15H15NO2/c1-3-18-13-9-7-12(8-10-13)15(17)14-6-4-5-11(2)16-14/h4-10H,3H2,1-2H3. The molecule has 0 aliphatic carbocycles. The molecule has 0 aliphatic heterocycles. The summed E-state index contributed by atoms with van der Waals surface area (Å²) < 4.78 is 5.34. The van der Waals surface area contributed by atoms with Gasteiger partial charge in [0.1, 0.15) is 11.4 Å². The summed E-state index contributed by atoms with van der Waals surface area (Å²) in [6.07, 6.45) is 0. The highest BCUT2D eigenvalue weighted by Crippen LogP contribution is 2.14. The fourth-order valence-corrected chi connectivity index (χ4v) is 1.69. The molecule has 0 N–H and O–H groups in total. The van der Waals surface area contributed by atoms with E-state index in [0.717, 1.165) is 11.4 Å². The van der Waals surface area contributed by atoms with Crippen molar-refractivity contribution in [2.75, 3.05) is 6.61 Å². The van der Waals surface area contributed by atoms with E-state index >= 15 is 0 Å². The molecule has 1 aromatic heterocycles. The molecule has 0 radical (unpaired) electrons. The summed E-state index contributed by atoms with van der Waals surface area (Å²) in [5, 5.41) is 0. The van der Waals surface area contributed by atoms with Gasteiger partial charge in [-0.15, -0.1) is 0 Å². The molecule has 0 saturated carbocycles. The largest absolute Gasteiger partial charge is 0.494 e. The van der Waals surface area contributed by atoms with Crippen molar-refractivity contribution >= 4 is 5.78 Å². The molecule has 0 unspecified atom stereocenters. The average Bonchev–Trinajstić information content (AvgIpc) is 2.39. The fraction of sp³-hybridized carbons (Fsp3) is 0.200. The quantitative estimate of drug-likeness (QED) is 0.772. The van der Waals surface area contributed by atoms with Crippen LogP contribution < -0.4 is 4.74 Å². The second-order valence-electron chi connectivity index (χ2n) is 3.95. The van der Waals surface area contributed by atoms with Crippen LogP contribution in [0.15, 0.2) is 42.5 Å². The Kier molecular flexibility index (Phi) is 3.72. The molecule has 0 aliphatic rings. The monoisotopic (exact) mass is 241 g/mol. The van der Waals surface area contributed by atoms with Crippen LogP contribution in [-0.4, -0.2) is 17.4 Å². The highest BCUT2D eigenvalue weighted by Gasteiger charge is 2.10. The summed E-state index contributed by atoms with van der Waals surface area (Å²) >= 11 is 0. The molecule has 18 heavy (non-hydrogen) atoms. The van der Waals surface area contributed by atoms with Crippen molar-refractivity contribution in [1.29, 1.82) is 0 Å². The molecule has 0 fully saturated rings. The number of aromatic nitrogens is 1. The fourth-order valence-electron chi connectivity index (χ4n) is 1.69. The molecule has 0 spiro atoms. The van der Waals surface area contributed by atoms with E-state index in [0.29, 0.717) is 17.9 Å². The lowest BCUT2D eigenvalue weighted by Crippen LogP contribution is -2.04. The molecule has 92 valence electrons. The SMILES string of the molecule is CCOc1ccc(C(=O)c2cccc(C)n2)cc1. The van der Waals surface area contributed by atoms with Gasteiger partial charge in [0, 0.05) is 11.3 Å². The Balaban J connectivity index is 2.23. The first-order chi connectivity index (χ1) is 8.70. The zero-order valence-electron chi connectivity index (χ0n) is 10.5. The molecule has 1 heterocycles. The van der Waals surface area contributed by atoms with Crippen LogP contribution in [0.3, 0.4) is 0 Å². The van der Waals surface area contributed by atoms with Crippen molar-refractivity contribution < 1.29 is 9.53 Å².